The number of hydrogen-bond donors (Lipinski definition) is 0. The number of methoxy groups -OCH3 is 2. The molecule has 0 radical (unpaired) electrons. The van der Waals surface area contributed by atoms with E-state index in [0.717, 1.165) is 5.56 Å². The highest BCUT2D eigenvalue weighted by molar-refractivity contribution is 5.97. The van der Waals surface area contributed by atoms with E-state index in [9.17, 15) is 4.79 Å². The summed E-state index contributed by atoms with van der Waals surface area (Å²) in [5, 5.41) is 0. The van der Waals surface area contributed by atoms with Gasteiger partial charge in [-0.25, -0.2) is 0 Å². The summed E-state index contributed by atoms with van der Waals surface area (Å²) in [6, 6.07) is 5.51. The zero-order chi connectivity index (χ0) is 13.8. The van der Waals surface area contributed by atoms with Crippen LogP contribution in [-0.2, 0) is 4.79 Å². The van der Waals surface area contributed by atoms with E-state index in [1.165, 1.54) is 0 Å². The fraction of sp³-hybridized carbons (Fsp3) is 0.400. The zero-order valence-corrected chi connectivity index (χ0v) is 11.6. The quantitative estimate of drug-likeness (QED) is 0.767. The van der Waals surface area contributed by atoms with E-state index in [2.05, 4.69) is 0 Å². The van der Waals surface area contributed by atoms with Crippen molar-refractivity contribution in [2.75, 3.05) is 14.2 Å². The Hall–Kier alpha value is -1.77. The number of allylic oxidation sites excluding steroid dienone is 1. The monoisotopic (exact) mass is 248 g/mol. The molecule has 0 atom stereocenters. The molecule has 3 heteroatoms. The molecule has 0 aromatic heterocycles. The number of hydrogen-bond acceptors (Lipinski definition) is 3. The molecule has 0 unspecified atom stereocenters. The molecule has 1 aromatic carbocycles. The van der Waals surface area contributed by atoms with Crippen LogP contribution in [0, 0.1) is 5.41 Å². The molecule has 0 N–H and O–H groups in total. The maximum atomic E-state index is 11.8. The molecule has 0 spiro atoms. The first-order chi connectivity index (χ1) is 8.36. The number of ether oxygens (including phenoxy) is 2. The molecule has 1 rings (SSSR count). The summed E-state index contributed by atoms with van der Waals surface area (Å²) in [5.74, 6) is 1.50. The van der Waals surface area contributed by atoms with Gasteiger partial charge < -0.3 is 9.47 Å². The Balaban J connectivity index is 2.97. The van der Waals surface area contributed by atoms with E-state index in [1.807, 2.05) is 32.9 Å². The summed E-state index contributed by atoms with van der Waals surface area (Å²) >= 11 is 0. The van der Waals surface area contributed by atoms with Crippen LogP contribution in [0.1, 0.15) is 26.3 Å². The van der Waals surface area contributed by atoms with Gasteiger partial charge in [-0.15, -0.1) is 0 Å². The first-order valence-electron chi connectivity index (χ1n) is 5.82. The van der Waals surface area contributed by atoms with Gasteiger partial charge in [-0.1, -0.05) is 26.8 Å². The van der Waals surface area contributed by atoms with E-state index in [-0.39, 0.29) is 11.2 Å². The van der Waals surface area contributed by atoms with Crippen molar-refractivity contribution >= 4 is 11.9 Å². The van der Waals surface area contributed by atoms with Gasteiger partial charge in [0.15, 0.2) is 5.78 Å². The summed E-state index contributed by atoms with van der Waals surface area (Å²) in [5.41, 5.74) is 0.517. The minimum Gasteiger partial charge on any atom is -0.497 e. The second-order valence-electron chi connectivity index (χ2n) is 5.09. The van der Waals surface area contributed by atoms with E-state index < -0.39 is 0 Å². The molecule has 98 valence electrons. The van der Waals surface area contributed by atoms with Gasteiger partial charge in [0, 0.05) is 11.5 Å². The number of carbonyl (C=O) groups excluding carboxylic acids is 1. The van der Waals surface area contributed by atoms with Gasteiger partial charge in [-0.05, 0) is 23.8 Å². The van der Waals surface area contributed by atoms with Crippen LogP contribution >= 0.6 is 0 Å². The van der Waals surface area contributed by atoms with E-state index in [4.69, 9.17) is 9.47 Å². The predicted molar refractivity (Wildman–Crippen MR) is 73.0 cm³/mol. The van der Waals surface area contributed by atoms with Crippen molar-refractivity contribution in [3.05, 3.63) is 29.8 Å². The number of benzene rings is 1. The third-order valence-corrected chi connectivity index (χ3v) is 2.54. The zero-order valence-electron chi connectivity index (χ0n) is 11.6. The summed E-state index contributed by atoms with van der Waals surface area (Å²) in [6.45, 7) is 5.68. The molecule has 0 saturated carbocycles. The second kappa shape index (κ2) is 5.71. The molecule has 0 aliphatic heterocycles. The van der Waals surface area contributed by atoms with Crippen molar-refractivity contribution in [2.24, 2.45) is 5.41 Å². The Morgan fingerprint density at radius 2 is 1.56 bits per heavy atom. The smallest absolute Gasteiger partial charge is 0.161 e. The van der Waals surface area contributed by atoms with Crippen LogP contribution in [0.5, 0.6) is 11.5 Å². The fourth-order valence-electron chi connectivity index (χ4n) is 1.35. The van der Waals surface area contributed by atoms with Gasteiger partial charge in [0.05, 0.1) is 14.2 Å². The normalized spacial score (nSPS) is 11.6. The number of ketones is 1. The standard InChI is InChI=1S/C15H20O3/c1-15(2,3)14(16)7-6-11-8-12(17-4)10-13(9-11)18-5/h6-10H,1-5H3/b7-6+. The first kappa shape index (κ1) is 14.3. The van der Waals surface area contributed by atoms with Crippen molar-refractivity contribution in [2.45, 2.75) is 20.8 Å². The minimum atomic E-state index is -0.362. The third kappa shape index (κ3) is 3.91. The highest BCUT2D eigenvalue weighted by atomic mass is 16.5. The summed E-state index contributed by atoms with van der Waals surface area (Å²) in [7, 11) is 3.20. The predicted octanol–water partition coefficient (Wildman–Crippen LogP) is 3.33. The molecular weight excluding hydrogens is 228 g/mol. The maximum Gasteiger partial charge on any atom is 0.161 e. The second-order valence-corrected chi connectivity index (χ2v) is 5.09. The van der Waals surface area contributed by atoms with Crippen molar-refractivity contribution in [3.8, 4) is 11.5 Å². The fourth-order valence-corrected chi connectivity index (χ4v) is 1.35. The van der Waals surface area contributed by atoms with E-state index in [0.29, 0.717) is 11.5 Å². The van der Waals surface area contributed by atoms with Gasteiger partial charge in [0.25, 0.3) is 0 Å². The lowest BCUT2D eigenvalue weighted by Gasteiger charge is -2.13. The lowest BCUT2D eigenvalue weighted by Crippen LogP contribution is -2.17. The maximum absolute atomic E-state index is 11.8. The molecule has 0 amide bonds. The molecule has 0 saturated heterocycles. The highest BCUT2D eigenvalue weighted by Gasteiger charge is 2.17. The van der Waals surface area contributed by atoms with Gasteiger partial charge >= 0.3 is 0 Å². The Labute approximate surface area is 108 Å². The van der Waals surface area contributed by atoms with Gasteiger partial charge in [0.1, 0.15) is 11.5 Å². The Morgan fingerprint density at radius 3 is 1.94 bits per heavy atom. The van der Waals surface area contributed by atoms with Crippen LogP contribution in [0.3, 0.4) is 0 Å². The lowest BCUT2D eigenvalue weighted by atomic mass is 9.90. The average Bonchev–Trinajstić information content (AvgIpc) is 2.34. The first-order valence-corrected chi connectivity index (χ1v) is 5.82. The van der Waals surface area contributed by atoms with Crippen LogP contribution in [0.25, 0.3) is 6.08 Å². The van der Waals surface area contributed by atoms with Crippen LogP contribution in [0.2, 0.25) is 0 Å². The molecular formula is C15H20O3. The topological polar surface area (TPSA) is 35.5 Å². The van der Waals surface area contributed by atoms with Crippen molar-refractivity contribution < 1.29 is 14.3 Å². The van der Waals surface area contributed by atoms with Crippen LogP contribution < -0.4 is 9.47 Å². The molecule has 0 aliphatic carbocycles. The Kier molecular flexibility index (Phi) is 4.54. The number of carbonyl (C=O) groups is 1. The molecule has 0 fully saturated rings. The molecule has 0 aliphatic rings. The van der Waals surface area contributed by atoms with Gasteiger partial charge in [-0.3, -0.25) is 4.79 Å². The van der Waals surface area contributed by atoms with E-state index in [1.54, 1.807) is 32.4 Å². The summed E-state index contributed by atoms with van der Waals surface area (Å²) in [4.78, 5) is 11.8. The molecule has 18 heavy (non-hydrogen) atoms. The lowest BCUT2D eigenvalue weighted by molar-refractivity contribution is -0.121. The van der Waals surface area contributed by atoms with Crippen molar-refractivity contribution in [1.82, 2.24) is 0 Å². The van der Waals surface area contributed by atoms with Crippen LogP contribution in [0.15, 0.2) is 24.3 Å². The Morgan fingerprint density at radius 1 is 1.06 bits per heavy atom. The largest absolute Gasteiger partial charge is 0.497 e. The van der Waals surface area contributed by atoms with Gasteiger partial charge in [0.2, 0.25) is 0 Å². The van der Waals surface area contributed by atoms with Crippen LogP contribution in [0.4, 0.5) is 0 Å². The Bertz CT molecular complexity index is 431. The SMILES string of the molecule is COc1cc(/C=C/C(=O)C(C)(C)C)cc(OC)c1. The molecule has 1 aromatic rings. The number of rotatable bonds is 4. The molecule has 3 nitrogen and oxygen atoms in total. The minimum absolute atomic E-state index is 0.0873. The average molecular weight is 248 g/mol. The summed E-state index contributed by atoms with van der Waals surface area (Å²) in [6.07, 6.45) is 3.37. The van der Waals surface area contributed by atoms with Gasteiger partial charge in [-0.2, -0.15) is 0 Å². The summed E-state index contributed by atoms with van der Waals surface area (Å²) < 4.78 is 10.3. The van der Waals surface area contributed by atoms with E-state index >= 15 is 0 Å². The van der Waals surface area contributed by atoms with Crippen LogP contribution in [-0.4, -0.2) is 20.0 Å². The van der Waals surface area contributed by atoms with Crippen molar-refractivity contribution in [1.29, 1.82) is 0 Å². The highest BCUT2D eigenvalue weighted by Crippen LogP contribution is 2.24. The third-order valence-electron chi connectivity index (χ3n) is 2.54. The van der Waals surface area contributed by atoms with Crippen molar-refractivity contribution in [3.63, 3.8) is 0 Å². The molecule has 0 heterocycles. The molecule has 0 bridgehead atoms.